The largest absolute Gasteiger partial charge is 0.342 e. The van der Waals surface area contributed by atoms with Crippen LogP contribution in [0.3, 0.4) is 0 Å². The molecule has 0 spiro atoms. The number of hydrogen-bond acceptors (Lipinski definition) is 2. The summed E-state index contributed by atoms with van der Waals surface area (Å²) in [7, 11) is 1.99. The van der Waals surface area contributed by atoms with Crippen molar-refractivity contribution in [1.29, 1.82) is 0 Å². The van der Waals surface area contributed by atoms with Crippen LogP contribution in [-0.2, 0) is 4.79 Å². The van der Waals surface area contributed by atoms with Crippen molar-refractivity contribution in [2.75, 3.05) is 26.7 Å². The van der Waals surface area contributed by atoms with Crippen LogP contribution in [0.5, 0.6) is 0 Å². The highest BCUT2D eigenvalue weighted by molar-refractivity contribution is 5.83. The minimum atomic E-state index is -0.0910. The molecule has 33 heavy (non-hydrogen) atoms. The van der Waals surface area contributed by atoms with E-state index in [1.165, 1.54) is 11.1 Å². The molecular formula is C30H36N2O. The van der Waals surface area contributed by atoms with E-state index in [0.717, 1.165) is 44.5 Å². The fraction of sp³-hybridized carbons (Fsp3) is 0.367. The molecule has 0 aromatic heterocycles. The second-order valence-corrected chi connectivity index (χ2v) is 9.32. The predicted molar refractivity (Wildman–Crippen MR) is 136 cm³/mol. The van der Waals surface area contributed by atoms with Gasteiger partial charge in [0, 0.05) is 32.1 Å². The maximum absolute atomic E-state index is 13.1. The van der Waals surface area contributed by atoms with Crippen molar-refractivity contribution >= 4 is 5.91 Å². The molecule has 1 aliphatic rings. The van der Waals surface area contributed by atoms with Gasteiger partial charge in [0.05, 0.1) is 5.92 Å². The van der Waals surface area contributed by atoms with Crippen LogP contribution in [0.25, 0.3) is 0 Å². The lowest BCUT2D eigenvalue weighted by atomic mass is 9.88. The summed E-state index contributed by atoms with van der Waals surface area (Å²) in [4.78, 5) is 17.6. The molecule has 1 saturated heterocycles. The molecule has 0 saturated carbocycles. The number of likely N-dealkylation sites (N-methyl/N-ethyl adjacent to an activating group) is 1. The van der Waals surface area contributed by atoms with Gasteiger partial charge in [-0.2, -0.15) is 0 Å². The molecule has 3 heteroatoms. The van der Waals surface area contributed by atoms with E-state index >= 15 is 0 Å². The summed E-state index contributed by atoms with van der Waals surface area (Å²) in [6.45, 7) is 5.21. The zero-order valence-corrected chi connectivity index (χ0v) is 19.9. The van der Waals surface area contributed by atoms with Gasteiger partial charge in [0.1, 0.15) is 0 Å². The van der Waals surface area contributed by atoms with E-state index in [2.05, 4.69) is 77.7 Å². The quantitative estimate of drug-likeness (QED) is 0.433. The molecule has 1 heterocycles. The lowest BCUT2D eigenvalue weighted by Crippen LogP contribution is -2.46. The van der Waals surface area contributed by atoms with Crippen molar-refractivity contribution in [3.8, 4) is 0 Å². The molecule has 1 atom stereocenters. The number of amides is 1. The topological polar surface area (TPSA) is 23.6 Å². The van der Waals surface area contributed by atoms with Crippen molar-refractivity contribution in [1.82, 2.24) is 9.80 Å². The number of likely N-dealkylation sites (tertiary alicyclic amines) is 1. The number of rotatable bonds is 8. The third kappa shape index (κ3) is 5.91. The molecule has 0 aliphatic carbocycles. The smallest absolute Gasteiger partial charge is 0.229 e. The van der Waals surface area contributed by atoms with Crippen molar-refractivity contribution in [2.24, 2.45) is 0 Å². The first-order valence-electron chi connectivity index (χ1n) is 12.3. The molecule has 1 aliphatic heterocycles. The van der Waals surface area contributed by atoms with Crippen LogP contribution in [0.15, 0.2) is 91.0 Å². The van der Waals surface area contributed by atoms with Gasteiger partial charge in [-0.1, -0.05) is 91.0 Å². The highest BCUT2D eigenvalue weighted by Gasteiger charge is 2.28. The Balaban J connectivity index is 1.32. The molecule has 1 fully saturated rings. The molecule has 3 aromatic rings. The Morgan fingerprint density at radius 3 is 1.76 bits per heavy atom. The van der Waals surface area contributed by atoms with Gasteiger partial charge in [-0.25, -0.2) is 0 Å². The third-order valence-corrected chi connectivity index (χ3v) is 7.26. The van der Waals surface area contributed by atoms with Crippen molar-refractivity contribution in [2.45, 2.75) is 44.1 Å². The van der Waals surface area contributed by atoms with Gasteiger partial charge < -0.3 is 9.80 Å². The number of piperidine rings is 1. The normalized spacial score (nSPS) is 16.0. The lowest BCUT2D eigenvalue weighted by molar-refractivity contribution is -0.134. The minimum absolute atomic E-state index is 0.0910. The van der Waals surface area contributed by atoms with Gasteiger partial charge in [-0.15, -0.1) is 0 Å². The third-order valence-electron chi connectivity index (χ3n) is 7.26. The van der Waals surface area contributed by atoms with E-state index in [1.54, 1.807) is 0 Å². The Morgan fingerprint density at radius 2 is 1.27 bits per heavy atom. The van der Waals surface area contributed by atoms with Gasteiger partial charge in [0.25, 0.3) is 0 Å². The van der Waals surface area contributed by atoms with E-state index in [1.807, 2.05) is 37.1 Å². The van der Waals surface area contributed by atoms with Gasteiger partial charge in [-0.3, -0.25) is 4.79 Å². The Kier molecular flexibility index (Phi) is 7.96. The van der Waals surface area contributed by atoms with Crippen LogP contribution in [-0.4, -0.2) is 48.4 Å². The highest BCUT2D eigenvalue weighted by atomic mass is 16.2. The average Bonchev–Trinajstić information content (AvgIpc) is 2.89. The van der Waals surface area contributed by atoms with Crippen LogP contribution in [0.1, 0.15) is 54.7 Å². The number of carbonyl (C=O) groups is 1. The van der Waals surface area contributed by atoms with Crippen LogP contribution in [0.4, 0.5) is 0 Å². The second-order valence-electron chi connectivity index (χ2n) is 9.32. The van der Waals surface area contributed by atoms with Crippen LogP contribution < -0.4 is 0 Å². The van der Waals surface area contributed by atoms with Gasteiger partial charge >= 0.3 is 0 Å². The molecule has 3 aromatic carbocycles. The maximum Gasteiger partial charge on any atom is 0.229 e. The van der Waals surface area contributed by atoms with E-state index < -0.39 is 0 Å². The van der Waals surface area contributed by atoms with Gasteiger partial charge in [0.15, 0.2) is 0 Å². The predicted octanol–water partition coefficient (Wildman–Crippen LogP) is 5.94. The molecule has 172 valence electrons. The molecule has 1 unspecified atom stereocenters. The molecule has 3 nitrogen and oxygen atoms in total. The first-order valence-corrected chi connectivity index (χ1v) is 12.3. The monoisotopic (exact) mass is 440 g/mol. The van der Waals surface area contributed by atoms with Gasteiger partial charge in [-0.05, 0) is 49.4 Å². The zero-order valence-electron chi connectivity index (χ0n) is 19.9. The van der Waals surface area contributed by atoms with Crippen LogP contribution in [0, 0.1) is 0 Å². The molecule has 1 amide bonds. The number of nitrogens with zero attached hydrogens (tertiary/aromatic N) is 2. The SMILES string of the molecule is CC(C(=O)N(C)C1CCN(CCC(c2ccccc2)c2ccccc2)CC1)c1ccccc1. The summed E-state index contributed by atoms with van der Waals surface area (Å²) >= 11 is 0. The standard InChI is InChI=1S/C30H36N2O/c1-24(25-12-6-3-7-13-25)30(33)31(2)28-18-21-32(22-19-28)23-20-29(26-14-8-4-9-15-26)27-16-10-5-11-17-27/h3-17,24,28-29H,18-23H2,1-2H3. The van der Waals surface area contributed by atoms with Crippen molar-refractivity contribution in [3.63, 3.8) is 0 Å². The first-order chi connectivity index (χ1) is 16.1. The van der Waals surface area contributed by atoms with E-state index in [0.29, 0.717) is 12.0 Å². The van der Waals surface area contributed by atoms with Crippen LogP contribution >= 0.6 is 0 Å². The summed E-state index contributed by atoms with van der Waals surface area (Å²) in [5.74, 6) is 0.556. The summed E-state index contributed by atoms with van der Waals surface area (Å²) < 4.78 is 0. The maximum atomic E-state index is 13.1. The van der Waals surface area contributed by atoms with Crippen molar-refractivity contribution in [3.05, 3.63) is 108 Å². The average molecular weight is 441 g/mol. The van der Waals surface area contributed by atoms with E-state index in [9.17, 15) is 4.79 Å². The fourth-order valence-electron chi connectivity index (χ4n) is 5.11. The molecule has 0 radical (unpaired) electrons. The highest BCUT2D eigenvalue weighted by Crippen LogP contribution is 2.29. The van der Waals surface area contributed by atoms with E-state index in [4.69, 9.17) is 0 Å². The number of carbonyl (C=O) groups excluding carboxylic acids is 1. The fourth-order valence-corrected chi connectivity index (χ4v) is 5.11. The molecule has 0 N–H and O–H groups in total. The Bertz CT molecular complexity index is 942. The lowest BCUT2D eigenvalue weighted by Gasteiger charge is -2.38. The first kappa shape index (κ1) is 23.3. The molecular weight excluding hydrogens is 404 g/mol. The Labute approximate surface area is 199 Å². The summed E-state index contributed by atoms with van der Waals surface area (Å²) in [6.07, 6.45) is 3.20. The number of benzene rings is 3. The second kappa shape index (κ2) is 11.3. The summed E-state index contributed by atoms with van der Waals surface area (Å²) in [6, 6.07) is 32.2. The Morgan fingerprint density at radius 1 is 0.818 bits per heavy atom. The zero-order chi connectivity index (χ0) is 23.0. The summed E-state index contributed by atoms with van der Waals surface area (Å²) in [5.41, 5.74) is 3.87. The van der Waals surface area contributed by atoms with Crippen molar-refractivity contribution < 1.29 is 4.79 Å². The number of hydrogen-bond donors (Lipinski definition) is 0. The molecule has 0 bridgehead atoms. The van der Waals surface area contributed by atoms with E-state index in [-0.39, 0.29) is 11.8 Å². The minimum Gasteiger partial charge on any atom is -0.342 e. The summed E-state index contributed by atoms with van der Waals surface area (Å²) in [5, 5.41) is 0. The van der Waals surface area contributed by atoms with Crippen LogP contribution in [0.2, 0.25) is 0 Å². The molecule has 4 rings (SSSR count). The van der Waals surface area contributed by atoms with Gasteiger partial charge in [0.2, 0.25) is 5.91 Å². The Hall–Kier alpha value is -2.91.